The molecule has 11 heteroatoms. The standard InChI is InChI=1S/C31H33N5O5S/c1-21-11-6-9-18-27(21)42(40,41)35-28(37)22-13-10-16-25(19-22)33-30(39)34-31(24-14-4-3-5-15-24)29(38)36(2)26-17-8-7-12-23(26)20-32-31/h6-13,16-20,24H,3-5,14-15H2,1-2H3,(H,35,37)(H2,33,34,39). The summed E-state index contributed by atoms with van der Waals surface area (Å²) in [6, 6.07) is 19.0. The summed E-state index contributed by atoms with van der Waals surface area (Å²) >= 11 is 0. The number of nitrogens with zero attached hydrogens (tertiary/aromatic N) is 2. The highest BCUT2D eigenvalue weighted by Gasteiger charge is 2.49. The van der Waals surface area contributed by atoms with Crippen molar-refractivity contribution in [1.82, 2.24) is 10.0 Å². The number of para-hydroxylation sites is 1. The maximum atomic E-state index is 14.0. The molecule has 2 aliphatic rings. The van der Waals surface area contributed by atoms with E-state index in [1.807, 2.05) is 24.3 Å². The number of hydrogen-bond acceptors (Lipinski definition) is 6. The van der Waals surface area contributed by atoms with Gasteiger partial charge in [0.05, 0.1) is 10.6 Å². The fraction of sp³-hybridized carbons (Fsp3) is 0.290. The van der Waals surface area contributed by atoms with Crippen LogP contribution in [-0.4, -0.2) is 45.2 Å². The topological polar surface area (TPSA) is 137 Å². The van der Waals surface area contributed by atoms with Gasteiger partial charge in [-0.2, -0.15) is 0 Å². The molecule has 0 aromatic heterocycles. The molecule has 1 unspecified atom stereocenters. The van der Waals surface area contributed by atoms with Crippen molar-refractivity contribution in [3.8, 4) is 0 Å². The van der Waals surface area contributed by atoms with Gasteiger partial charge in [0.25, 0.3) is 21.8 Å². The number of nitrogens with one attached hydrogen (secondary N) is 3. The fourth-order valence-electron chi connectivity index (χ4n) is 5.65. The minimum absolute atomic E-state index is 0.000703. The molecule has 5 rings (SSSR count). The summed E-state index contributed by atoms with van der Waals surface area (Å²) in [5.74, 6) is -1.38. The highest BCUT2D eigenvalue weighted by Crippen LogP contribution is 2.38. The Kier molecular flexibility index (Phi) is 8.13. The molecule has 1 heterocycles. The Bertz CT molecular complexity index is 1670. The van der Waals surface area contributed by atoms with Gasteiger partial charge in [-0.15, -0.1) is 0 Å². The zero-order valence-corrected chi connectivity index (χ0v) is 24.3. The summed E-state index contributed by atoms with van der Waals surface area (Å²) in [5, 5.41) is 5.59. The number of carbonyl (C=O) groups is 3. The lowest BCUT2D eigenvalue weighted by molar-refractivity contribution is -0.126. The van der Waals surface area contributed by atoms with Crippen LogP contribution in [-0.2, 0) is 14.8 Å². The molecule has 3 aromatic rings. The lowest BCUT2D eigenvalue weighted by atomic mass is 9.79. The van der Waals surface area contributed by atoms with E-state index in [2.05, 4.69) is 15.4 Å². The number of anilines is 2. The molecular weight excluding hydrogens is 554 g/mol. The summed E-state index contributed by atoms with van der Waals surface area (Å²) in [4.78, 5) is 46.6. The molecule has 218 valence electrons. The van der Waals surface area contributed by atoms with Gasteiger partial charge in [0, 0.05) is 36.0 Å². The first-order chi connectivity index (χ1) is 20.1. The predicted octanol–water partition coefficient (Wildman–Crippen LogP) is 4.61. The number of benzene rings is 3. The number of likely N-dealkylation sites (N-methyl/N-ethyl adjacent to an activating group) is 1. The average Bonchev–Trinajstić information content (AvgIpc) is 3.09. The zero-order valence-electron chi connectivity index (χ0n) is 23.5. The Balaban J connectivity index is 1.37. The Morgan fingerprint density at radius 2 is 1.67 bits per heavy atom. The minimum atomic E-state index is -4.11. The molecule has 0 bridgehead atoms. The van der Waals surface area contributed by atoms with Crippen LogP contribution in [0, 0.1) is 12.8 Å². The van der Waals surface area contributed by atoms with Crippen LogP contribution in [0.4, 0.5) is 16.2 Å². The molecule has 1 aliphatic heterocycles. The summed E-state index contributed by atoms with van der Waals surface area (Å²) in [5.41, 5.74) is 0.730. The molecule has 42 heavy (non-hydrogen) atoms. The zero-order chi connectivity index (χ0) is 29.9. The second-order valence-electron chi connectivity index (χ2n) is 10.6. The van der Waals surface area contributed by atoms with E-state index < -0.39 is 27.6 Å². The van der Waals surface area contributed by atoms with Crippen LogP contribution in [0.25, 0.3) is 0 Å². The van der Waals surface area contributed by atoms with Gasteiger partial charge >= 0.3 is 6.03 Å². The molecule has 3 N–H and O–H groups in total. The van der Waals surface area contributed by atoms with E-state index >= 15 is 0 Å². The van der Waals surface area contributed by atoms with Crippen molar-refractivity contribution in [1.29, 1.82) is 0 Å². The molecule has 0 radical (unpaired) electrons. The number of sulfonamides is 1. The number of urea groups is 1. The fourth-order valence-corrected chi connectivity index (χ4v) is 6.87. The Morgan fingerprint density at radius 1 is 0.952 bits per heavy atom. The van der Waals surface area contributed by atoms with Gasteiger partial charge in [-0.1, -0.05) is 61.7 Å². The number of rotatable bonds is 6. The van der Waals surface area contributed by atoms with Gasteiger partial charge in [0.1, 0.15) is 0 Å². The van der Waals surface area contributed by atoms with Crippen molar-refractivity contribution in [2.75, 3.05) is 17.3 Å². The Labute approximate surface area is 245 Å². The summed E-state index contributed by atoms with van der Waals surface area (Å²) in [6.07, 6.45) is 6.03. The molecule has 0 saturated heterocycles. The quantitative estimate of drug-likeness (QED) is 0.387. The second-order valence-corrected chi connectivity index (χ2v) is 12.3. The smallest absolute Gasteiger partial charge is 0.311 e. The van der Waals surface area contributed by atoms with E-state index in [-0.39, 0.29) is 28.0 Å². The Hall–Kier alpha value is -4.51. The van der Waals surface area contributed by atoms with Gasteiger partial charge in [0.2, 0.25) is 5.66 Å². The number of benzodiazepines with no additional fused rings is 1. The van der Waals surface area contributed by atoms with Crippen molar-refractivity contribution < 1.29 is 22.8 Å². The number of amides is 4. The van der Waals surface area contributed by atoms with Crippen molar-refractivity contribution in [3.63, 3.8) is 0 Å². The molecule has 10 nitrogen and oxygen atoms in total. The summed E-state index contributed by atoms with van der Waals surface area (Å²) < 4.78 is 27.7. The SMILES string of the molecule is Cc1ccccc1S(=O)(=O)NC(=O)c1cccc(NC(=O)NC2(C3CCCCC3)N=Cc3ccccc3N(C)C2=O)c1. The summed E-state index contributed by atoms with van der Waals surface area (Å²) in [7, 11) is -2.43. The Morgan fingerprint density at radius 3 is 2.43 bits per heavy atom. The van der Waals surface area contributed by atoms with E-state index in [0.717, 1.165) is 37.7 Å². The van der Waals surface area contributed by atoms with Crippen molar-refractivity contribution in [3.05, 3.63) is 89.5 Å². The third-order valence-electron chi connectivity index (χ3n) is 7.83. The largest absolute Gasteiger partial charge is 0.321 e. The third kappa shape index (κ3) is 5.78. The van der Waals surface area contributed by atoms with E-state index in [9.17, 15) is 22.8 Å². The maximum Gasteiger partial charge on any atom is 0.321 e. The van der Waals surface area contributed by atoms with E-state index in [4.69, 9.17) is 4.99 Å². The van der Waals surface area contributed by atoms with E-state index in [1.54, 1.807) is 44.5 Å². The number of hydrogen-bond donors (Lipinski definition) is 3. The molecule has 1 saturated carbocycles. The predicted molar refractivity (Wildman–Crippen MR) is 161 cm³/mol. The second kappa shape index (κ2) is 11.8. The van der Waals surface area contributed by atoms with Crippen LogP contribution in [0.2, 0.25) is 0 Å². The highest BCUT2D eigenvalue weighted by molar-refractivity contribution is 7.90. The first-order valence-corrected chi connectivity index (χ1v) is 15.3. The number of aliphatic imine (C=N–C) groups is 1. The van der Waals surface area contributed by atoms with Crippen molar-refractivity contribution >= 4 is 45.5 Å². The first-order valence-electron chi connectivity index (χ1n) is 13.9. The van der Waals surface area contributed by atoms with Crippen molar-refractivity contribution in [2.45, 2.75) is 49.6 Å². The molecule has 3 aromatic carbocycles. The molecule has 1 fully saturated rings. The third-order valence-corrected chi connectivity index (χ3v) is 9.32. The lowest BCUT2D eigenvalue weighted by Gasteiger charge is -2.40. The number of fused-ring (bicyclic) bond motifs is 1. The summed E-state index contributed by atoms with van der Waals surface area (Å²) in [6.45, 7) is 1.64. The average molecular weight is 588 g/mol. The van der Waals surface area contributed by atoms with Crippen LogP contribution in [0.5, 0.6) is 0 Å². The molecular formula is C31H33N5O5S. The molecule has 0 spiro atoms. The number of carbonyl (C=O) groups excluding carboxylic acids is 3. The molecule has 1 atom stereocenters. The normalized spacial score (nSPS) is 19.0. The minimum Gasteiger partial charge on any atom is -0.311 e. The maximum absolute atomic E-state index is 14.0. The van der Waals surface area contributed by atoms with Crippen LogP contribution in [0.3, 0.4) is 0 Å². The van der Waals surface area contributed by atoms with Crippen LogP contribution in [0.1, 0.15) is 53.6 Å². The van der Waals surface area contributed by atoms with Crippen molar-refractivity contribution in [2.24, 2.45) is 10.9 Å². The van der Waals surface area contributed by atoms with Gasteiger partial charge < -0.3 is 15.5 Å². The van der Waals surface area contributed by atoms with Gasteiger partial charge in [0.15, 0.2) is 0 Å². The van der Waals surface area contributed by atoms with E-state index in [0.29, 0.717) is 11.3 Å². The number of aryl methyl sites for hydroxylation is 1. The molecule has 1 aliphatic carbocycles. The van der Waals surface area contributed by atoms with Gasteiger partial charge in [-0.05, 0) is 55.7 Å². The monoisotopic (exact) mass is 587 g/mol. The molecule has 4 amide bonds. The highest BCUT2D eigenvalue weighted by atomic mass is 32.2. The van der Waals surface area contributed by atoms with Gasteiger partial charge in [-0.25, -0.2) is 17.9 Å². The van der Waals surface area contributed by atoms with Crippen LogP contribution < -0.4 is 20.3 Å². The first kappa shape index (κ1) is 29.0. The van der Waals surface area contributed by atoms with Crippen LogP contribution >= 0.6 is 0 Å². The van der Waals surface area contributed by atoms with Gasteiger partial charge in [-0.3, -0.25) is 14.6 Å². The lowest BCUT2D eigenvalue weighted by Crippen LogP contribution is -2.63. The van der Waals surface area contributed by atoms with E-state index in [1.165, 1.54) is 29.2 Å². The van der Waals surface area contributed by atoms with Crippen LogP contribution in [0.15, 0.2) is 82.7 Å².